The summed E-state index contributed by atoms with van der Waals surface area (Å²) in [5.74, 6) is -0.0187. The quantitative estimate of drug-likeness (QED) is 0.631. The maximum atomic E-state index is 13.5. The molecule has 2 aliphatic carbocycles. The molecule has 1 saturated heterocycles. The zero-order valence-corrected chi connectivity index (χ0v) is 20.5. The van der Waals surface area contributed by atoms with Crippen molar-refractivity contribution in [3.05, 3.63) is 35.9 Å². The van der Waals surface area contributed by atoms with Crippen molar-refractivity contribution in [2.45, 2.75) is 75.0 Å². The zero-order valence-electron chi connectivity index (χ0n) is 20.5. The highest BCUT2D eigenvalue weighted by Crippen LogP contribution is 2.50. The van der Waals surface area contributed by atoms with Crippen LogP contribution in [-0.2, 0) is 10.3 Å². The molecule has 3 aliphatic rings. The minimum atomic E-state index is -0.756. The van der Waals surface area contributed by atoms with Gasteiger partial charge in [0.1, 0.15) is 0 Å². The summed E-state index contributed by atoms with van der Waals surface area (Å²) in [7, 11) is 4.30. The van der Waals surface area contributed by atoms with Crippen molar-refractivity contribution in [1.82, 2.24) is 20.0 Å². The van der Waals surface area contributed by atoms with Gasteiger partial charge < -0.3 is 20.2 Å². The monoisotopic (exact) mass is 456 g/mol. The largest absolute Gasteiger partial charge is 0.388 e. The van der Waals surface area contributed by atoms with Crippen LogP contribution in [0.25, 0.3) is 0 Å². The lowest BCUT2D eigenvalue weighted by atomic mass is 9.67. The minimum Gasteiger partial charge on any atom is -0.388 e. The van der Waals surface area contributed by atoms with Crippen LogP contribution < -0.4 is 5.32 Å². The molecule has 182 valence electrons. The van der Waals surface area contributed by atoms with Gasteiger partial charge in [-0.2, -0.15) is 0 Å². The molecule has 2 N–H and O–H groups in total. The number of benzene rings is 1. The van der Waals surface area contributed by atoms with Crippen molar-refractivity contribution < 1.29 is 14.7 Å². The number of carbonyl (C=O) groups excluding carboxylic acids is 2. The van der Waals surface area contributed by atoms with E-state index in [1.807, 2.05) is 16.7 Å². The van der Waals surface area contributed by atoms with E-state index in [2.05, 4.69) is 54.6 Å². The Hall–Kier alpha value is -2.12. The van der Waals surface area contributed by atoms with Crippen molar-refractivity contribution in [1.29, 1.82) is 0 Å². The second-order valence-corrected chi connectivity index (χ2v) is 10.6. The van der Waals surface area contributed by atoms with Gasteiger partial charge in [-0.05, 0) is 71.5 Å². The molecular weight excluding hydrogens is 416 g/mol. The molecule has 1 aliphatic heterocycles. The summed E-state index contributed by atoms with van der Waals surface area (Å²) in [6, 6.07) is 10.7. The van der Waals surface area contributed by atoms with Crippen molar-refractivity contribution in [2.24, 2.45) is 0 Å². The molecule has 7 nitrogen and oxygen atoms in total. The van der Waals surface area contributed by atoms with Crippen LogP contribution >= 0.6 is 0 Å². The van der Waals surface area contributed by atoms with Gasteiger partial charge in [-0.1, -0.05) is 30.3 Å². The number of urea groups is 1. The molecule has 33 heavy (non-hydrogen) atoms. The smallest absolute Gasteiger partial charge is 0.320 e. The van der Waals surface area contributed by atoms with Crippen LogP contribution in [0.2, 0.25) is 0 Å². The molecule has 0 radical (unpaired) electrons. The highest BCUT2D eigenvalue weighted by atomic mass is 16.3. The SMILES string of the molecule is CCNC(=O)CCN1C[C@]2(CC[C@](c3ccccc3)(N(C)C)CC2)N(CC2(O)CCC2)C1=O. The van der Waals surface area contributed by atoms with Gasteiger partial charge in [0.05, 0.1) is 17.7 Å². The van der Waals surface area contributed by atoms with Gasteiger partial charge >= 0.3 is 6.03 Å². The summed E-state index contributed by atoms with van der Waals surface area (Å²) in [6.07, 6.45) is 6.55. The van der Waals surface area contributed by atoms with Crippen molar-refractivity contribution in [3.63, 3.8) is 0 Å². The highest BCUT2D eigenvalue weighted by Gasteiger charge is 2.56. The molecule has 3 amide bonds. The Balaban J connectivity index is 1.55. The fourth-order valence-electron chi connectivity index (χ4n) is 6.15. The van der Waals surface area contributed by atoms with Gasteiger partial charge in [0.2, 0.25) is 5.91 Å². The van der Waals surface area contributed by atoms with Gasteiger partial charge in [0.25, 0.3) is 0 Å². The van der Waals surface area contributed by atoms with Crippen LogP contribution in [0, 0.1) is 0 Å². The van der Waals surface area contributed by atoms with E-state index in [4.69, 9.17) is 0 Å². The summed E-state index contributed by atoms with van der Waals surface area (Å²) in [6.45, 7) is 3.98. The first kappa shape index (κ1) is 24.0. The molecule has 2 saturated carbocycles. The highest BCUT2D eigenvalue weighted by molar-refractivity contribution is 5.80. The van der Waals surface area contributed by atoms with Crippen LogP contribution in [0.3, 0.4) is 0 Å². The maximum absolute atomic E-state index is 13.5. The fraction of sp³-hybridized carbons (Fsp3) is 0.692. The second-order valence-electron chi connectivity index (χ2n) is 10.6. The molecule has 7 heteroatoms. The zero-order chi connectivity index (χ0) is 23.7. The van der Waals surface area contributed by atoms with Gasteiger partial charge in [0, 0.05) is 31.6 Å². The van der Waals surface area contributed by atoms with E-state index in [1.54, 1.807) is 0 Å². The first-order valence-corrected chi connectivity index (χ1v) is 12.5. The van der Waals surface area contributed by atoms with Crippen molar-refractivity contribution in [3.8, 4) is 0 Å². The van der Waals surface area contributed by atoms with E-state index in [0.717, 1.165) is 44.9 Å². The fourth-order valence-corrected chi connectivity index (χ4v) is 6.15. The first-order chi connectivity index (χ1) is 15.7. The van der Waals surface area contributed by atoms with E-state index in [0.29, 0.717) is 32.6 Å². The maximum Gasteiger partial charge on any atom is 0.320 e. The number of amides is 3. The molecule has 0 aromatic heterocycles. The predicted molar refractivity (Wildman–Crippen MR) is 129 cm³/mol. The number of nitrogens with zero attached hydrogens (tertiary/aromatic N) is 3. The molecule has 0 bridgehead atoms. The number of hydrogen-bond donors (Lipinski definition) is 2. The third kappa shape index (κ3) is 4.50. The third-order valence-electron chi connectivity index (χ3n) is 8.45. The Morgan fingerprint density at radius 2 is 1.76 bits per heavy atom. The molecule has 1 aromatic rings. The molecule has 1 spiro atoms. The van der Waals surface area contributed by atoms with E-state index in [9.17, 15) is 14.7 Å². The Bertz CT molecular complexity index is 844. The van der Waals surface area contributed by atoms with E-state index in [1.165, 1.54) is 5.56 Å². The summed E-state index contributed by atoms with van der Waals surface area (Å²) < 4.78 is 0. The standard InChI is InChI=1S/C26H40N4O3/c1-4-27-22(31)11-18-29-19-24(30(23(29)32)20-25(33)12-8-13-25)14-16-26(17-15-24,28(2)3)21-9-6-5-7-10-21/h5-7,9-10,33H,4,8,11-20H2,1-3H3,(H,27,31)/t24-,26+. The van der Waals surface area contributed by atoms with Crippen LogP contribution in [0.15, 0.2) is 30.3 Å². The average Bonchev–Trinajstić information content (AvgIpc) is 3.03. The Morgan fingerprint density at radius 3 is 2.30 bits per heavy atom. The average molecular weight is 457 g/mol. The summed E-state index contributed by atoms with van der Waals surface area (Å²) >= 11 is 0. The number of nitrogens with one attached hydrogen (secondary N) is 1. The van der Waals surface area contributed by atoms with Crippen molar-refractivity contribution in [2.75, 3.05) is 40.3 Å². The van der Waals surface area contributed by atoms with Gasteiger partial charge in [-0.3, -0.25) is 9.69 Å². The third-order valence-corrected chi connectivity index (χ3v) is 8.45. The lowest BCUT2D eigenvalue weighted by Gasteiger charge is -2.52. The molecule has 1 heterocycles. The molecule has 0 unspecified atom stereocenters. The molecule has 1 aromatic carbocycles. The van der Waals surface area contributed by atoms with Crippen LogP contribution in [0.5, 0.6) is 0 Å². The van der Waals surface area contributed by atoms with Gasteiger partial charge in [-0.15, -0.1) is 0 Å². The minimum absolute atomic E-state index is 0.0170. The normalized spacial score (nSPS) is 28.9. The second kappa shape index (κ2) is 9.26. The van der Waals surface area contributed by atoms with Crippen molar-refractivity contribution >= 4 is 11.9 Å². The number of rotatable bonds is 8. The molecule has 3 fully saturated rings. The Kier molecular flexibility index (Phi) is 6.74. The number of aliphatic hydroxyl groups is 1. The predicted octanol–water partition coefficient (Wildman–Crippen LogP) is 2.94. The number of β-amino-alcohol motifs (C(OH)–C–C–N with tert-alkyl or cyclic N) is 1. The summed E-state index contributed by atoms with van der Waals surface area (Å²) in [5, 5.41) is 13.8. The Morgan fingerprint density at radius 1 is 1.09 bits per heavy atom. The van der Waals surface area contributed by atoms with Crippen LogP contribution in [0.1, 0.15) is 63.9 Å². The Labute approximate surface area is 198 Å². The first-order valence-electron chi connectivity index (χ1n) is 12.5. The van der Waals surface area contributed by atoms with E-state index >= 15 is 0 Å². The lowest BCUT2D eigenvalue weighted by molar-refractivity contribution is -0.121. The molecule has 0 atom stereocenters. The van der Waals surface area contributed by atoms with Gasteiger partial charge in [-0.25, -0.2) is 4.79 Å². The lowest BCUT2D eigenvalue weighted by Crippen LogP contribution is -2.59. The summed E-state index contributed by atoms with van der Waals surface area (Å²) in [4.78, 5) is 31.7. The number of carbonyl (C=O) groups is 2. The topological polar surface area (TPSA) is 76.1 Å². The van der Waals surface area contributed by atoms with Gasteiger partial charge in [0.15, 0.2) is 0 Å². The summed E-state index contributed by atoms with van der Waals surface area (Å²) in [5.41, 5.74) is 0.237. The molecular formula is C26H40N4O3. The van der Waals surface area contributed by atoms with Crippen LogP contribution in [0.4, 0.5) is 4.79 Å². The number of hydrogen-bond acceptors (Lipinski definition) is 4. The molecule has 4 rings (SSSR count). The van der Waals surface area contributed by atoms with E-state index in [-0.39, 0.29) is 23.0 Å². The van der Waals surface area contributed by atoms with E-state index < -0.39 is 5.60 Å². The van der Waals surface area contributed by atoms with Crippen LogP contribution in [-0.4, -0.2) is 83.2 Å².